The van der Waals surface area contributed by atoms with Crippen LogP contribution in [0.5, 0.6) is 5.75 Å². The molecular weight excluding hydrogens is 254 g/mol. The molecule has 0 aliphatic carbocycles. The molecular formula is C15H19N3O2. The van der Waals surface area contributed by atoms with Crippen LogP contribution in [-0.4, -0.2) is 25.1 Å². The van der Waals surface area contributed by atoms with E-state index in [0.717, 1.165) is 12.0 Å². The zero-order chi connectivity index (χ0) is 14.4. The van der Waals surface area contributed by atoms with E-state index in [2.05, 4.69) is 17.6 Å². The average Bonchev–Trinajstić information content (AvgIpc) is 2.48. The Kier molecular flexibility index (Phi) is 4.97. The molecule has 0 spiro atoms. The Morgan fingerprint density at radius 1 is 1.50 bits per heavy atom. The number of hydrogen-bond acceptors (Lipinski definition) is 4. The van der Waals surface area contributed by atoms with E-state index in [4.69, 9.17) is 10.00 Å². The second kappa shape index (κ2) is 6.92. The molecule has 1 heterocycles. The van der Waals surface area contributed by atoms with E-state index in [1.165, 1.54) is 0 Å². The van der Waals surface area contributed by atoms with E-state index in [1.807, 2.05) is 30.3 Å². The van der Waals surface area contributed by atoms with Crippen LogP contribution in [0.1, 0.15) is 31.4 Å². The fourth-order valence-corrected chi connectivity index (χ4v) is 2.29. The Bertz CT molecular complexity index is 483. The molecule has 106 valence electrons. The number of benzene rings is 1. The number of nitriles is 1. The first-order chi connectivity index (χ1) is 9.69. The smallest absolute Gasteiger partial charge is 0.220 e. The summed E-state index contributed by atoms with van der Waals surface area (Å²) >= 11 is 0. The Morgan fingerprint density at radius 2 is 2.25 bits per heavy atom. The molecule has 2 rings (SSSR count). The molecule has 1 aromatic carbocycles. The number of carbonyl (C=O) groups is 1. The summed E-state index contributed by atoms with van der Waals surface area (Å²) in [7, 11) is 0. The minimum Gasteiger partial charge on any atom is -0.479 e. The van der Waals surface area contributed by atoms with Crippen molar-refractivity contribution in [3.63, 3.8) is 0 Å². The predicted molar refractivity (Wildman–Crippen MR) is 75.1 cm³/mol. The minimum absolute atomic E-state index is 0.0644. The summed E-state index contributed by atoms with van der Waals surface area (Å²) in [6.45, 7) is 2.85. The molecule has 0 radical (unpaired) electrons. The average molecular weight is 273 g/mol. The molecule has 1 aromatic rings. The van der Waals surface area contributed by atoms with Crippen LogP contribution in [0.25, 0.3) is 0 Å². The highest BCUT2D eigenvalue weighted by Gasteiger charge is 2.19. The molecule has 0 saturated carbocycles. The number of nitrogens with one attached hydrogen (secondary N) is 2. The van der Waals surface area contributed by atoms with Gasteiger partial charge in [0.25, 0.3) is 0 Å². The molecule has 2 N–H and O–H groups in total. The number of ether oxygens (including phenoxy) is 1. The van der Waals surface area contributed by atoms with Gasteiger partial charge in [-0.1, -0.05) is 12.1 Å². The van der Waals surface area contributed by atoms with Crippen molar-refractivity contribution in [3.8, 4) is 11.8 Å². The van der Waals surface area contributed by atoms with Crippen molar-refractivity contribution in [2.45, 2.75) is 31.8 Å². The first-order valence-electron chi connectivity index (χ1n) is 6.81. The number of piperidine rings is 1. The van der Waals surface area contributed by atoms with Crippen molar-refractivity contribution >= 4 is 5.91 Å². The standard InChI is InChI=1S/C15H19N3O2/c1-11(18-13-4-7-15(19)17-10-13)12-2-5-14(6-3-12)20-9-8-16/h2-3,5-6,11,13,18H,4,7,9-10H2,1H3,(H,17,19). The monoisotopic (exact) mass is 273 g/mol. The van der Waals surface area contributed by atoms with Crippen molar-refractivity contribution in [2.24, 2.45) is 0 Å². The maximum atomic E-state index is 11.1. The highest BCUT2D eigenvalue weighted by molar-refractivity contribution is 5.76. The lowest BCUT2D eigenvalue weighted by Crippen LogP contribution is -2.46. The van der Waals surface area contributed by atoms with Crippen molar-refractivity contribution in [1.29, 1.82) is 5.26 Å². The fourth-order valence-electron chi connectivity index (χ4n) is 2.29. The molecule has 1 fully saturated rings. The number of amides is 1. The third kappa shape index (κ3) is 3.97. The van der Waals surface area contributed by atoms with E-state index < -0.39 is 0 Å². The Balaban J connectivity index is 1.87. The van der Waals surface area contributed by atoms with Crippen molar-refractivity contribution < 1.29 is 9.53 Å². The zero-order valence-electron chi connectivity index (χ0n) is 11.6. The van der Waals surface area contributed by atoms with Gasteiger partial charge < -0.3 is 15.4 Å². The molecule has 1 aliphatic rings. The molecule has 0 aromatic heterocycles. The van der Waals surface area contributed by atoms with Gasteiger partial charge in [-0.15, -0.1) is 0 Å². The van der Waals surface area contributed by atoms with Gasteiger partial charge in [0.1, 0.15) is 11.8 Å². The summed E-state index contributed by atoms with van der Waals surface area (Å²) in [4.78, 5) is 11.1. The third-order valence-corrected chi connectivity index (χ3v) is 3.43. The van der Waals surface area contributed by atoms with E-state index in [1.54, 1.807) is 0 Å². The number of carbonyl (C=O) groups excluding carboxylic acids is 1. The fraction of sp³-hybridized carbons (Fsp3) is 0.467. The lowest BCUT2D eigenvalue weighted by atomic mass is 10.0. The van der Waals surface area contributed by atoms with E-state index in [0.29, 0.717) is 24.8 Å². The Hall–Kier alpha value is -2.06. The second-order valence-electron chi connectivity index (χ2n) is 4.94. The molecule has 1 aliphatic heterocycles. The Morgan fingerprint density at radius 3 is 2.85 bits per heavy atom. The molecule has 20 heavy (non-hydrogen) atoms. The van der Waals surface area contributed by atoms with Gasteiger partial charge in [-0.3, -0.25) is 4.79 Å². The first-order valence-corrected chi connectivity index (χ1v) is 6.81. The van der Waals surface area contributed by atoms with E-state index >= 15 is 0 Å². The summed E-state index contributed by atoms with van der Waals surface area (Å²) in [6.07, 6.45) is 1.46. The number of hydrogen-bond donors (Lipinski definition) is 2. The lowest BCUT2D eigenvalue weighted by molar-refractivity contribution is -0.122. The van der Waals surface area contributed by atoms with Crippen LogP contribution in [0.3, 0.4) is 0 Å². The molecule has 1 saturated heterocycles. The van der Waals surface area contributed by atoms with Crippen molar-refractivity contribution in [1.82, 2.24) is 10.6 Å². The van der Waals surface area contributed by atoms with Gasteiger partial charge in [0, 0.05) is 25.0 Å². The van der Waals surface area contributed by atoms with Crippen LogP contribution in [0.15, 0.2) is 24.3 Å². The molecule has 1 amide bonds. The largest absolute Gasteiger partial charge is 0.479 e. The maximum absolute atomic E-state index is 11.1. The SMILES string of the molecule is CC(NC1CCC(=O)NC1)c1ccc(OCC#N)cc1. The zero-order valence-corrected chi connectivity index (χ0v) is 11.6. The number of rotatable bonds is 5. The van der Waals surface area contributed by atoms with Crippen LogP contribution in [0.2, 0.25) is 0 Å². The minimum atomic E-state index is 0.0644. The third-order valence-electron chi connectivity index (χ3n) is 3.43. The molecule has 5 nitrogen and oxygen atoms in total. The molecule has 5 heteroatoms. The number of nitrogens with zero attached hydrogens (tertiary/aromatic N) is 1. The maximum Gasteiger partial charge on any atom is 0.220 e. The highest BCUT2D eigenvalue weighted by Crippen LogP contribution is 2.19. The van der Waals surface area contributed by atoms with Gasteiger partial charge in [-0.2, -0.15) is 5.26 Å². The van der Waals surface area contributed by atoms with E-state index in [9.17, 15) is 4.79 Å². The second-order valence-corrected chi connectivity index (χ2v) is 4.94. The van der Waals surface area contributed by atoms with Gasteiger partial charge in [0.05, 0.1) is 0 Å². The Labute approximate surface area is 118 Å². The molecule has 0 bridgehead atoms. The predicted octanol–water partition coefficient (Wildman–Crippen LogP) is 1.52. The van der Waals surface area contributed by atoms with Crippen LogP contribution >= 0.6 is 0 Å². The van der Waals surface area contributed by atoms with Gasteiger partial charge >= 0.3 is 0 Å². The topological polar surface area (TPSA) is 74.2 Å². The summed E-state index contributed by atoms with van der Waals surface area (Å²) in [6, 6.07) is 10.2. The summed E-state index contributed by atoms with van der Waals surface area (Å²) in [5.74, 6) is 0.835. The van der Waals surface area contributed by atoms with Crippen LogP contribution in [0, 0.1) is 11.3 Å². The molecule has 2 atom stereocenters. The van der Waals surface area contributed by atoms with Crippen LogP contribution < -0.4 is 15.4 Å². The van der Waals surface area contributed by atoms with E-state index in [-0.39, 0.29) is 18.6 Å². The van der Waals surface area contributed by atoms with Crippen molar-refractivity contribution in [2.75, 3.05) is 13.2 Å². The normalized spacial score (nSPS) is 19.8. The van der Waals surface area contributed by atoms with Gasteiger partial charge in [-0.25, -0.2) is 0 Å². The summed E-state index contributed by atoms with van der Waals surface area (Å²) in [5.41, 5.74) is 1.16. The van der Waals surface area contributed by atoms with Gasteiger partial charge in [0.2, 0.25) is 5.91 Å². The molecule has 2 unspecified atom stereocenters. The van der Waals surface area contributed by atoms with Crippen LogP contribution in [-0.2, 0) is 4.79 Å². The quantitative estimate of drug-likeness (QED) is 0.853. The van der Waals surface area contributed by atoms with Crippen molar-refractivity contribution in [3.05, 3.63) is 29.8 Å². The first kappa shape index (κ1) is 14.4. The van der Waals surface area contributed by atoms with Gasteiger partial charge in [0.15, 0.2) is 6.61 Å². The summed E-state index contributed by atoms with van der Waals surface area (Å²) < 4.78 is 5.22. The van der Waals surface area contributed by atoms with Crippen LogP contribution in [0.4, 0.5) is 0 Å². The highest BCUT2D eigenvalue weighted by atomic mass is 16.5. The summed E-state index contributed by atoms with van der Waals surface area (Å²) in [5, 5.41) is 14.8. The lowest BCUT2D eigenvalue weighted by Gasteiger charge is -2.27. The van der Waals surface area contributed by atoms with Gasteiger partial charge in [-0.05, 0) is 31.0 Å².